The van der Waals surface area contributed by atoms with Crippen LogP contribution in [0.3, 0.4) is 0 Å². The van der Waals surface area contributed by atoms with Gasteiger partial charge in [-0.05, 0) is 12.8 Å². The first-order chi connectivity index (χ1) is 4.97. The summed E-state index contributed by atoms with van der Waals surface area (Å²) in [6, 6.07) is 0. The summed E-state index contributed by atoms with van der Waals surface area (Å²) in [5, 5.41) is 0. The zero-order valence-electron chi connectivity index (χ0n) is 5.91. The fourth-order valence-electron chi connectivity index (χ4n) is 1.49. The average molecular weight is 144 g/mol. The highest BCUT2D eigenvalue weighted by Crippen LogP contribution is 2.23. The van der Waals surface area contributed by atoms with Crippen molar-refractivity contribution in [2.24, 2.45) is 0 Å². The fourth-order valence-corrected chi connectivity index (χ4v) is 1.49. The molecule has 0 saturated carbocycles. The minimum atomic E-state index is 0.211. The lowest BCUT2D eigenvalue weighted by Crippen LogP contribution is -2.23. The Balaban J connectivity index is 1.85. The molecular formula is C7H12O3. The Morgan fingerprint density at radius 3 is 2.60 bits per heavy atom. The third-order valence-electron chi connectivity index (χ3n) is 2.06. The number of hydrogen-bond donors (Lipinski definition) is 0. The molecule has 2 fully saturated rings. The van der Waals surface area contributed by atoms with E-state index in [2.05, 4.69) is 0 Å². The van der Waals surface area contributed by atoms with E-state index in [1.54, 1.807) is 0 Å². The van der Waals surface area contributed by atoms with E-state index in [1.165, 1.54) is 6.42 Å². The zero-order chi connectivity index (χ0) is 6.81. The Labute approximate surface area is 60.2 Å². The van der Waals surface area contributed by atoms with Crippen molar-refractivity contribution < 1.29 is 14.5 Å². The molecule has 10 heavy (non-hydrogen) atoms. The second-order valence-electron chi connectivity index (χ2n) is 2.80. The Kier molecular flexibility index (Phi) is 1.88. The van der Waals surface area contributed by atoms with Crippen LogP contribution in [0.5, 0.6) is 0 Å². The summed E-state index contributed by atoms with van der Waals surface area (Å²) in [6.07, 6.45) is 3.81. The molecule has 2 heterocycles. The molecule has 2 aliphatic heterocycles. The van der Waals surface area contributed by atoms with Crippen molar-refractivity contribution in [2.75, 3.05) is 13.2 Å². The van der Waals surface area contributed by atoms with Crippen LogP contribution >= 0.6 is 0 Å². The maximum atomic E-state index is 5.43. The lowest BCUT2D eigenvalue weighted by Gasteiger charge is -2.13. The van der Waals surface area contributed by atoms with Crippen molar-refractivity contribution in [3.63, 3.8) is 0 Å². The molecule has 0 radical (unpaired) electrons. The van der Waals surface area contributed by atoms with Gasteiger partial charge in [-0.3, -0.25) is 0 Å². The minimum absolute atomic E-state index is 0.211. The van der Waals surface area contributed by atoms with Gasteiger partial charge in [-0.15, -0.1) is 0 Å². The van der Waals surface area contributed by atoms with Crippen LogP contribution in [-0.2, 0) is 14.5 Å². The molecule has 3 heteroatoms. The highest BCUT2D eigenvalue weighted by molar-refractivity contribution is 4.75. The summed E-state index contributed by atoms with van der Waals surface area (Å²) in [7, 11) is 0. The Hall–Kier alpha value is -0.120. The molecule has 58 valence electrons. The Bertz CT molecular complexity index is 89.4. The molecule has 3 nitrogen and oxygen atoms in total. The van der Waals surface area contributed by atoms with Crippen LogP contribution in [0, 0.1) is 0 Å². The van der Waals surface area contributed by atoms with Crippen molar-refractivity contribution in [3.8, 4) is 0 Å². The SMILES string of the molecule is C1COC(C2CCOO2)C1. The van der Waals surface area contributed by atoms with Gasteiger partial charge in [0.2, 0.25) is 0 Å². The summed E-state index contributed by atoms with van der Waals surface area (Å²) in [5.74, 6) is 0. The summed E-state index contributed by atoms with van der Waals surface area (Å²) < 4.78 is 5.43. The van der Waals surface area contributed by atoms with Gasteiger partial charge in [0, 0.05) is 13.0 Å². The highest BCUT2D eigenvalue weighted by Gasteiger charge is 2.30. The van der Waals surface area contributed by atoms with E-state index in [4.69, 9.17) is 14.5 Å². The molecule has 0 aromatic heterocycles. The lowest BCUT2D eigenvalue weighted by molar-refractivity contribution is -0.288. The van der Waals surface area contributed by atoms with Gasteiger partial charge in [0.1, 0.15) is 6.10 Å². The van der Waals surface area contributed by atoms with E-state index in [-0.39, 0.29) is 6.10 Å². The third-order valence-corrected chi connectivity index (χ3v) is 2.06. The summed E-state index contributed by atoms with van der Waals surface area (Å²) in [4.78, 5) is 9.80. The van der Waals surface area contributed by atoms with Crippen molar-refractivity contribution >= 4 is 0 Å². The van der Waals surface area contributed by atoms with Gasteiger partial charge < -0.3 is 4.74 Å². The van der Waals surface area contributed by atoms with Crippen LogP contribution in [-0.4, -0.2) is 25.4 Å². The molecule has 2 atom stereocenters. The molecule has 2 aliphatic rings. The van der Waals surface area contributed by atoms with E-state index in [0.29, 0.717) is 6.10 Å². The normalized spacial score (nSPS) is 40.8. The smallest absolute Gasteiger partial charge is 0.121 e. The molecule has 2 saturated heterocycles. The quantitative estimate of drug-likeness (QED) is 0.511. The molecule has 2 rings (SSSR count). The molecule has 0 bridgehead atoms. The topological polar surface area (TPSA) is 27.7 Å². The molecule has 0 N–H and O–H groups in total. The molecule has 0 spiro atoms. The largest absolute Gasteiger partial charge is 0.375 e. The fraction of sp³-hybridized carbons (Fsp3) is 1.00. The molecule has 0 amide bonds. The number of ether oxygens (including phenoxy) is 1. The molecule has 0 aromatic carbocycles. The highest BCUT2D eigenvalue weighted by atomic mass is 17.2. The van der Waals surface area contributed by atoms with Gasteiger partial charge in [0.25, 0.3) is 0 Å². The van der Waals surface area contributed by atoms with Crippen molar-refractivity contribution in [2.45, 2.75) is 31.5 Å². The van der Waals surface area contributed by atoms with E-state index < -0.39 is 0 Å². The number of rotatable bonds is 1. The lowest BCUT2D eigenvalue weighted by atomic mass is 10.1. The van der Waals surface area contributed by atoms with Crippen LogP contribution in [0.4, 0.5) is 0 Å². The Morgan fingerprint density at radius 2 is 2.00 bits per heavy atom. The molecule has 2 unspecified atom stereocenters. The maximum absolute atomic E-state index is 5.43. The first kappa shape index (κ1) is 6.58. The Morgan fingerprint density at radius 1 is 1.00 bits per heavy atom. The summed E-state index contributed by atoms with van der Waals surface area (Å²) in [5.41, 5.74) is 0. The molecule has 0 aliphatic carbocycles. The third kappa shape index (κ3) is 1.17. The first-order valence-electron chi connectivity index (χ1n) is 3.87. The van der Waals surface area contributed by atoms with Crippen molar-refractivity contribution in [1.82, 2.24) is 0 Å². The predicted octanol–water partition coefficient (Wildman–Crippen LogP) is 0.886. The molecule has 0 aromatic rings. The van der Waals surface area contributed by atoms with Crippen LogP contribution in [0.25, 0.3) is 0 Å². The second kappa shape index (κ2) is 2.86. The van der Waals surface area contributed by atoms with Crippen LogP contribution < -0.4 is 0 Å². The zero-order valence-corrected chi connectivity index (χ0v) is 5.91. The maximum Gasteiger partial charge on any atom is 0.121 e. The van der Waals surface area contributed by atoms with Crippen LogP contribution in [0.15, 0.2) is 0 Å². The predicted molar refractivity (Wildman–Crippen MR) is 34.4 cm³/mol. The second-order valence-corrected chi connectivity index (χ2v) is 2.80. The minimum Gasteiger partial charge on any atom is -0.375 e. The van der Waals surface area contributed by atoms with Gasteiger partial charge in [-0.25, -0.2) is 9.78 Å². The van der Waals surface area contributed by atoms with Gasteiger partial charge in [0.05, 0.1) is 12.7 Å². The van der Waals surface area contributed by atoms with Gasteiger partial charge in [0.15, 0.2) is 0 Å². The molecular weight excluding hydrogens is 132 g/mol. The van der Waals surface area contributed by atoms with E-state index in [9.17, 15) is 0 Å². The number of hydrogen-bond acceptors (Lipinski definition) is 3. The summed E-state index contributed by atoms with van der Waals surface area (Å²) in [6.45, 7) is 1.62. The average Bonchev–Trinajstić information content (AvgIpc) is 2.59. The summed E-state index contributed by atoms with van der Waals surface area (Å²) >= 11 is 0. The van der Waals surface area contributed by atoms with Gasteiger partial charge in [-0.2, -0.15) is 0 Å². The van der Waals surface area contributed by atoms with E-state index in [0.717, 1.165) is 26.1 Å². The van der Waals surface area contributed by atoms with E-state index in [1.807, 2.05) is 0 Å². The van der Waals surface area contributed by atoms with Crippen LogP contribution in [0.2, 0.25) is 0 Å². The van der Waals surface area contributed by atoms with Gasteiger partial charge in [-0.1, -0.05) is 0 Å². The first-order valence-corrected chi connectivity index (χ1v) is 3.87. The van der Waals surface area contributed by atoms with Crippen LogP contribution in [0.1, 0.15) is 19.3 Å². The van der Waals surface area contributed by atoms with Crippen molar-refractivity contribution in [1.29, 1.82) is 0 Å². The monoisotopic (exact) mass is 144 g/mol. The van der Waals surface area contributed by atoms with Gasteiger partial charge >= 0.3 is 0 Å². The van der Waals surface area contributed by atoms with E-state index >= 15 is 0 Å². The van der Waals surface area contributed by atoms with Crippen molar-refractivity contribution in [3.05, 3.63) is 0 Å². The standard InChI is InChI=1S/C7H12O3/c1-2-6(8-4-1)7-3-5-9-10-7/h6-7H,1-5H2.